The molecule has 1 aliphatic heterocycles. The number of Topliss-reactive ketones (excluding diaryl/α,β-unsaturated/α-hetero) is 1. The van der Waals surface area contributed by atoms with Crippen LogP contribution in [0.5, 0.6) is 0 Å². The predicted octanol–water partition coefficient (Wildman–Crippen LogP) is 1.72. The van der Waals surface area contributed by atoms with Gasteiger partial charge < -0.3 is 11.5 Å². The van der Waals surface area contributed by atoms with Gasteiger partial charge in [0.2, 0.25) is 5.78 Å². The minimum absolute atomic E-state index is 0. The topological polar surface area (TPSA) is 85.2 Å². The standard InChI is InChI=1S/C15H24N4OS.ClH/c1-9(2)19-7-5-10-11(8-19)21-14(18-10)13(20)15(17)6-3-4-12(15)16;/h9,12H,3-8,16-17H2,1-2H3;1H. The van der Waals surface area contributed by atoms with Gasteiger partial charge in [0.05, 0.1) is 11.2 Å². The number of hydrogen-bond acceptors (Lipinski definition) is 6. The zero-order chi connectivity index (χ0) is 15.2. The molecule has 1 saturated carbocycles. The summed E-state index contributed by atoms with van der Waals surface area (Å²) >= 11 is 1.51. The van der Waals surface area contributed by atoms with Gasteiger partial charge in [-0.25, -0.2) is 4.98 Å². The van der Waals surface area contributed by atoms with Gasteiger partial charge in [0.25, 0.3) is 0 Å². The van der Waals surface area contributed by atoms with Crippen LogP contribution in [0.25, 0.3) is 0 Å². The Morgan fingerprint density at radius 1 is 1.50 bits per heavy atom. The van der Waals surface area contributed by atoms with E-state index in [9.17, 15) is 4.79 Å². The maximum Gasteiger partial charge on any atom is 0.212 e. The first-order valence-electron chi connectivity index (χ1n) is 7.73. The van der Waals surface area contributed by atoms with Crippen molar-refractivity contribution in [3.05, 3.63) is 15.6 Å². The lowest BCUT2D eigenvalue weighted by molar-refractivity contribution is 0.0879. The lowest BCUT2D eigenvalue weighted by atomic mass is 9.90. The Morgan fingerprint density at radius 2 is 2.23 bits per heavy atom. The maximum absolute atomic E-state index is 12.7. The number of thiazole rings is 1. The minimum Gasteiger partial charge on any atom is -0.326 e. The number of ketones is 1. The number of rotatable bonds is 3. The Labute approximate surface area is 141 Å². The Kier molecular flexibility index (Phi) is 5.29. The Morgan fingerprint density at radius 3 is 2.82 bits per heavy atom. The van der Waals surface area contributed by atoms with Crippen molar-refractivity contribution >= 4 is 29.5 Å². The summed E-state index contributed by atoms with van der Waals surface area (Å²) in [6.07, 6.45) is 3.35. The van der Waals surface area contributed by atoms with E-state index in [1.807, 2.05) is 0 Å². The molecular weight excluding hydrogens is 320 g/mol. The van der Waals surface area contributed by atoms with E-state index in [-0.39, 0.29) is 24.2 Å². The normalized spacial score (nSPS) is 28.5. The number of nitrogens with two attached hydrogens (primary N) is 2. The van der Waals surface area contributed by atoms with Crippen molar-refractivity contribution in [2.45, 2.75) is 63.7 Å². The van der Waals surface area contributed by atoms with E-state index in [1.165, 1.54) is 16.2 Å². The number of aromatic nitrogens is 1. The summed E-state index contributed by atoms with van der Waals surface area (Å²) in [5.41, 5.74) is 12.5. The summed E-state index contributed by atoms with van der Waals surface area (Å²) in [5, 5.41) is 0.561. The third-order valence-corrected chi connectivity index (χ3v) is 5.96. The van der Waals surface area contributed by atoms with Crippen LogP contribution in [-0.4, -0.2) is 39.8 Å². The van der Waals surface area contributed by atoms with Gasteiger partial charge in [-0.3, -0.25) is 9.69 Å². The number of hydrogen-bond donors (Lipinski definition) is 2. The van der Waals surface area contributed by atoms with Gasteiger partial charge in [-0.2, -0.15) is 0 Å². The molecular formula is C15H25ClN4OS. The number of carbonyl (C=O) groups excluding carboxylic acids is 1. The monoisotopic (exact) mass is 344 g/mol. The van der Waals surface area contributed by atoms with Crippen molar-refractivity contribution in [1.29, 1.82) is 0 Å². The van der Waals surface area contributed by atoms with Crippen molar-refractivity contribution < 1.29 is 4.79 Å². The Hall–Kier alpha value is -0.530. The lowest BCUT2D eigenvalue weighted by Crippen LogP contribution is -2.57. The maximum atomic E-state index is 12.7. The van der Waals surface area contributed by atoms with Gasteiger partial charge in [-0.15, -0.1) is 23.7 Å². The van der Waals surface area contributed by atoms with E-state index in [1.54, 1.807) is 0 Å². The summed E-state index contributed by atoms with van der Waals surface area (Å²) in [7, 11) is 0. The van der Waals surface area contributed by atoms with E-state index >= 15 is 0 Å². The van der Waals surface area contributed by atoms with Gasteiger partial charge in [-0.1, -0.05) is 0 Å². The smallest absolute Gasteiger partial charge is 0.212 e. The van der Waals surface area contributed by atoms with Gasteiger partial charge in [-0.05, 0) is 33.1 Å². The van der Waals surface area contributed by atoms with Crippen LogP contribution in [0.1, 0.15) is 53.5 Å². The predicted molar refractivity (Wildman–Crippen MR) is 91.7 cm³/mol. The minimum atomic E-state index is -0.905. The fourth-order valence-corrected chi connectivity index (χ4v) is 4.46. The molecule has 0 amide bonds. The Balaban J connectivity index is 0.00000176. The third kappa shape index (κ3) is 2.95. The van der Waals surface area contributed by atoms with E-state index in [4.69, 9.17) is 11.5 Å². The average Bonchev–Trinajstić information content (AvgIpc) is 3.02. The van der Waals surface area contributed by atoms with Crippen LogP contribution in [0.4, 0.5) is 0 Å². The molecule has 1 aromatic rings. The molecule has 2 atom stereocenters. The zero-order valence-electron chi connectivity index (χ0n) is 13.2. The largest absolute Gasteiger partial charge is 0.326 e. The highest BCUT2D eigenvalue weighted by Gasteiger charge is 2.45. The Bertz CT molecular complexity index is 562. The van der Waals surface area contributed by atoms with Gasteiger partial charge in [0.15, 0.2) is 5.01 Å². The summed E-state index contributed by atoms with van der Waals surface area (Å²) < 4.78 is 0. The summed E-state index contributed by atoms with van der Waals surface area (Å²) in [4.78, 5) is 20.9. The van der Waals surface area contributed by atoms with Crippen molar-refractivity contribution in [3.8, 4) is 0 Å². The van der Waals surface area contributed by atoms with Crippen LogP contribution in [0.15, 0.2) is 0 Å². The first kappa shape index (κ1) is 17.8. The fraction of sp³-hybridized carbons (Fsp3) is 0.733. The molecule has 0 radical (unpaired) electrons. The fourth-order valence-electron chi connectivity index (χ4n) is 3.29. The molecule has 2 unspecified atom stereocenters. The van der Waals surface area contributed by atoms with Crippen LogP contribution in [-0.2, 0) is 13.0 Å². The molecule has 1 aromatic heterocycles. The molecule has 5 nitrogen and oxygen atoms in total. The molecule has 4 N–H and O–H groups in total. The van der Waals surface area contributed by atoms with Crippen LogP contribution < -0.4 is 11.5 Å². The lowest BCUT2D eigenvalue weighted by Gasteiger charge is -2.29. The molecule has 3 rings (SSSR count). The second kappa shape index (κ2) is 6.53. The average molecular weight is 345 g/mol. The quantitative estimate of drug-likeness (QED) is 0.815. The van der Waals surface area contributed by atoms with Crippen LogP contribution in [0.2, 0.25) is 0 Å². The summed E-state index contributed by atoms with van der Waals surface area (Å²) in [5.74, 6) is -0.0528. The van der Waals surface area contributed by atoms with Crippen LogP contribution >= 0.6 is 23.7 Å². The molecule has 2 aliphatic rings. The molecule has 0 spiro atoms. The van der Waals surface area contributed by atoms with E-state index in [0.29, 0.717) is 17.5 Å². The van der Waals surface area contributed by atoms with Crippen LogP contribution in [0.3, 0.4) is 0 Å². The molecule has 2 heterocycles. The first-order chi connectivity index (χ1) is 9.91. The molecule has 22 heavy (non-hydrogen) atoms. The molecule has 1 aliphatic carbocycles. The third-order valence-electron chi connectivity index (χ3n) is 4.88. The van der Waals surface area contributed by atoms with Gasteiger partial charge >= 0.3 is 0 Å². The highest BCUT2D eigenvalue weighted by molar-refractivity contribution is 7.13. The number of nitrogens with zero attached hydrogens (tertiary/aromatic N) is 2. The zero-order valence-corrected chi connectivity index (χ0v) is 14.8. The first-order valence-corrected chi connectivity index (χ1v) is 8.55. The molecule has 0 aromatic carbocycles. The second-order valence-corrected chi connectivity index (χ2v) is 7.65. The highest BCUT2D eigenvalue weighted by Crippen LogP contribution is 2.33. The van der Waals surface area contributed by atoms with Crippen molar-refractivity contribution in [2.75, 3.05) is 6.54 Å². The van der Waals surface area contributed by atoms with Gasteiger partial charge in [0.1, 0.15) is 0 Å². The molecule has 0 saturated heterocycles. The van der Waals surface area contributed by atoms with Crippen molar-refractivity contribution in [1.82, 2.24) is 9.88 Å². The van der Waals surface area contributed by atoms with Gasteiger partial charge in [0, 0.05) is 36.5 Å². The van der Waals surface area contributed by atoms with E-state index < -0.39 is 5.54 Å². The second-order valence-electron chi connectivity index (χ2n) is 6.57. The van der Waals surface area contributed by atoms with Crippen LogP contribution in [0, 0.1) is 0 Å². The highest BCUT2D eigenvalue weighted by atomic mass is 35.5. The molecule has 1 fully saturated rings. The SMILES string of the molecule is CC(C)N1CCc2nc(C(=O)C3(N)CCCC3N)sc2C1.Cl. The summed E-state index contributed by atoms with van der Waals surface area (Å²) in [6, 6.07) is 0.279. The van der Waals surface area contributed by atoms with Crippen molar-refractivity contribution in [3.63, 3.8) is 0 Å². The molecule has 7 heteroatoms. The van der Waals surface area contributed by atoms with E-state index in [0.717, 1.165) is 38.0 Å². The number of fused-ring (bicyclic) bond motifs is 1. The van der Waals surface area contributed by atoms with E-state index in [2.05, 4.69) is 23.7 Å². The van der Waals surface area contributed by atoms with Crippen molar-refractivity contribution in [2.24, 2.45) is 11.5 Å². The molecule has 124 valence electrons. The summed E-state index contributed by atoms with van der Waals surface area (Å²) in [6.45, 7) is 6.30. The number of halogens is 1. The number of carbonyl (C=O) groups is 1. The molecule has 0 bridgehead atoms.